The van der Waals surface area contributed by atoms with Gasteiger partial charge in [-0.1, -0.05) is 6.07 Å². The summed E-state index contributed by atoms with van der Waals surface area (Å²) in [7, 11) is 0. The topological polar surface area (TPSA) is 33.2 Å². The number of carbonyl (C=O) groups excluding carboxylic acids is 1. The van der Waals surface area contributed by atoms with Crippen molar-refractivity contribution in [2.75, 3.05) is 0 Å². The zero-order valence-corrected chi connectivity index (χ0v) is 8.94. The molecule has 92 valence electrons. The molecule has 1 aliphatic carbocycles. The lowest BCUT2D eigenvalue weighted by molar-refractivity contribution is -0.186. The largest absolute Gasteiger partial charge is 0.471 e. The molecule has 17 heavy (non-hydrogen) atoms. The highest BCUT2D eigenvalue weighted by atomic mass is 19.4. The first kappa shape index (κ1) is 11.9. The van der Waals surface area contributed by atoms with Gasteiger partial charge in [0, 0.05) is 25.0 Å². The number of hydrogen-bond acceptors (Lipinski definition) is 2. The Kier molecular flexibility index (Phi) is 3.04. The number of alkyl halides is 3. The fourth-order valence-corrected chi connectivity index (χ4v) is 1.60. The zero-order chi connectivity index (χ0) is 12.5. The third-order valence-electron chi connectivity index (χ3n) is 2.57. The van der Waals surface area contributed by atoms with Crippen molar-refractivity contribution in [3.05, 3.63) is 30.1 Å². The Bertz CT molecular complexity index is 401. The summed E-state index contributed by atoms with van der Waals surface area (Å²) in [4.78, 5) is 15.9. The van der Waals surface area contributed by atoms with Crippen LogP contribution in [0.4, 0.5) is 13.2 Å². The molecule has 0 unspecified atom stereocenters. The minimum atomic E-state index is -4.80. The van der Waals surface area contributed by atoms with Crippen LogP contribution in [0.3, 0.4) is 0 Å². The highest BCUT2D eigenvalue weighted by molar-refractivity contribution is 5.82. The smallest absolute Gasteiger partial charge is 0.328 e. The molecule has 0 aliphatic heterocycles. The third-order valence-corrected chi connectivity index (χ3v) is 2.57. The SMILES string of the molecule is O=C(N(Cc1cccnc1)C1CC1)C(F)(F)F. The molecule has 1 amide bonds. The molecule has 1 saturated carbocycles. The van der Waals surface area contributed by atoms with Gasteiger partial charge in [0.05, 0.1) is 0 Å². The molecule has 1 aromatic heterocycles. The lowest BCUT2D eigenvalue weighted by atomic mass is 10.2. The Labute approximate surface area is 96.3 Å². The average molecular weight is 244 g/mol. The van der Waals surface area contributed by atoms with Gasteiger partial charge in [-0.3, -0.25) is 9.78 Å². The zero-order valence-electron chi connectivity index (χ0n) is 8.94. The van der Waals surface area contributed by atoms with Gasteiger partial charge >= 0.3 is 12.1 Å². The second-order valence-electron chi connectivity index (χ2n) is 4.02. The number of hydrogen-bond donors (Lipinski definition) is 0. The van der Waals surface area contributed by atoms with E-state index in [4.69, 9.17) is 0 Å². The van der Waals surface area contributed by atoms with E-state index >= 15 is 0 Å². The van der Waals surface area contributed by atoms with Crippen molar-refractivity contribution in [1.82, 2.24) is 9.88 Å². The molecule has 0 bridgehead atoms. The number of rotatable bonds is 3. The van der Waals surface area contributed by atoms with E-state index in [9.17, 15) is 18.0 Å². The summed E-state index contributed by atoms with van der Waals surface area (Å²) in [5.74, 6) is -1.76. The molecule has 0 radical (unpaired) electrons. The van der Waals surface area contributed by atoms with Crippen molar-refractivity contribution in [2.45, 2.75) is 31.6 Å². The molecular formula is C11H11F3N2O. The molecule has 3 nitrogen and oxygen atoms in total. The maximum absolute atomic E-state index is 12.4. The first-order valence-corrected chi connectivity index (χ1v) is 5.25. The monoisotopic (exact) mass is 244 g/mol. The van der Waals surface area contributed by atoms with Crippen LogP contribution >= 0.6 is 0 Å². The highest BCUT2D eigenvalue weighted by Gasteiger charge is 2.46. The number of pyridine rings is 1. The predicted molar refractivity (Wildman–Crippen MR) is 53.9 cm³/mol. The molecule has 0 aromatic carbocycles. The van der Waals surface area contributed by atoms with Crippen molar-refractivity contribution >= 4 is 5.91 Å². The molecule has 1 aromatic rings. The van der Waals surface area contributed by atoms with Crippen molar-refractivity contribution in [2.24, 2.45) is 0 Å². The van der Waals surface area contributed by atoms with E-state index in [-0.39, 0.29) is 12.6 Å². The van der Waals surface area contributed by atoms with Crippen LogP contribution in [0.15, 0.2) is 24.5 Å². The van der Waals surface area contributed by atoms with Gasteiger partial charge in [-0.2, -0.15) is 13.2 Å². The Hall–Kier alpha value is -1.59. The van der Waals surface area contributed by atoms with E-state index < -0.39 is 12.1 Å². The first-order valence-electron chi connectivity index (χ1n) is 5.25. The van der Waals surface area contributed by atoms with Gasteiger partial charge in [0.2, 0.25) is 0 Å². The van der Waals surface area contributed by atoms with E-state index in [2.05, 4.69) is 4.98 Å². The third kappa shape index (κ3) is 2.95. The summed E-state index contributed by atoms with van der Waals surface area (Å²) in [6.07, 6.45) is -0.509. The van der Waals surface area contributed by atoms with Crippen molar-refractivity contribution in [3.8, 4) is 0 Å². The predicted octanol–water partition coefficient (Wildman–Crippen LogP) is 2.13. The number of nitrogens with zero attached hydrogens (tertiary/aromatic N) is 2. The average Bonchev–Trinajstić information content (AvgIpc) is 3.09. The fraction of sp³-hybridized carbons (Fsp3) is 0.455. The molecular weight excluding hydrogens is 233 g/mol. The normalized spacial score (nSPS) is 15.7. The standard InChI is InChI=1S/C11H11F3N2O/c12-11(13,14)10(17)16(9-3-4-9)7-8-2-1-5-15-6-8/h1-2,5-6,9H,3-4,7H2. The maximum Gasteiger partial charge on any atom is 0.471 e. The van der Waals surface area contributed by atoms with Gasteiger partial charge in [0.25, 0.3) is 0 Å². The Morgan fingerprint density at radius 2 is 2.18 bits per heavy atom. The van der Waals surface area contributed by atoms with Crippen LogP contribution in [-0.2, 0) is 11.3 Å². The molecule has 1 aliphatic rings. The number of carbonyl (C=O) groups is 1. The van der Waals surface area contributed by atoms with E-state index in [0.29, 0.717) is 18.4 Å². The molecule has 0 spiro atoms. The van der Waals surface area contributed by atoms with Gasteiger partial charge in [0.15, 0.2) is 0 Å². The van der Waals surface area contributed by atoms with E-state index in [1.165, 1.54) is 12.4 Å². The molecule has 1 fully saturated rings. The van der Waals surface area contributed by atoms with Crippen LogP contribution in [0.1, 0.15) is 18.4 Å². The molecule has 0 N–H and O–H groups in total. The Balaban J connectivity index is 2.11. The molecule has 0 saturated heterocycles. The number of halogens is 3. The highest BCUT2D eigenvalue weighted by Crippen LogP contribution is 2.32. The number of aromatic nitrogens is 1. The lowest BCUT2D eigenvalue weighted by Gasteiger charge is -2.23. The van der Waals surface area contributed by atoms with Crippen LogP contribution in [0.5, 0.6) is 0 Å². The molecule has 2 rings (SSSR count). The summed E-state index contributed by atoms with van der Waals surface area (Å²) < 4.78 is 37.1. The molecule has 6 heteroatoms. The van der Waals surface area contributed by atoms with E-state index in [0.717, 1.165) is 4.90 Å². The van der Waals surface area contributed by atoms with Crippen molar-refractivity contribution < 1.29 is 18.0 Å². The molecule has 1 heterocycles. The maximum atomic E-state index is 12.4. The van der Waals surface area contributed by atoms with Crippen molar-refractivity contribution in [1.29, 1.82) is 0 Å². The van der Waals surface area contributed by atoms with Crippen LogP contribution in [0.25, 0.3) is 0 Å². The van der Waals surface area contributed by atoms with E-state index in [1.807, 2.05) is 0 Å². The van der Waals surface area contributed by atoms with E-state index in [1.54, 1.807) is 12.1 Å². The summed E-state index contributed by atoms with van der Waals surface area (Å²) in [6.45, 7) is -0.0309. The van der Waals surface area contributed by atoms with Gasteiger partial charge < -0.3 is 4.90 Å². The second kappa shape index (κ2) is 4.35. The minimum Gasteiger partial charge on any atom is -0.328 e. The first-order chi connectivity index (χ1) is 7.98. The van der Waals surface area contributed by atoms with Gasteiger partial charge in [-0.05, 0) is 24.5 Å². The number of amides is 1. The minimum absolute atomic E-state index is 0.0309. The second-order valence-corrected chi connectivity index (χ2v) is 4.02. The summed E-state index contributed by atoms with van der Waals surface area (Å²) in [5, 5.41) is 0. The Morgan fingerprint density at radius 3 is 2.65 bits per heavy atom. The summed E-state index contributed by atoms with van der Waals surface area (Å²) in [5.41, 5.74) is 0.608. The fourth-order valence-electron chi connectivity index (χ4n) is 1.60. The van der Waals surface area contributed by atoms with Crippen molar-refractivity contribution in [3.63, 3.8) is 0 Å². The molecule has 0 atom stereocenters. The van der Waals surface area contributed by atoms with Gasteiger partial charge in [-0.15, -0.1) is 0 Å². The van der Waals surface area contributed by atoms with Gasteiger partial charge in [-0.25, -0.2) is 0 Å². The quantitative estimate of drug-likeness (QED) is 0.816. The van der Waals surface area contributed by atoms with Crippen LogP contribution in [0.2, 0.25) is 0 Å². The lowest BCUT2D eigenvalue weighted by Crippen LogP contribution is -2.42. The van der Waals surface area contributed by atoms with Gasteiger partial charge in [0.1, 0.15) is 0 Å². The Morgan fingerprint density at radius 1 is 1.47 bits per heavy atom. The van der Waals surface area contributed by atoms with Crippen LogP contribution in [-0.4, -0.2) is 28.0 Å². The van der Waals surface area contributed by atoms with Crippen LogP contribution < -0.4 is 0 Å². The summed E-state index contributed by atoms with van der Waals surface area (Å²) in [6, 6.07) is 3.02. The van der Waals surface area contributed by atoms with Crippen LogP contribution in [0, 0.1) is 0 Å². The summed E-state index contributed by atoms with van der Waals surface area (Å²) >= 11 is 0.